The molecule has 1 aliphatic rings. The molecule has 2 atom stereocenters. The highest BCUT2D eigenvalue weighted by Gasteiger charge is 2.44. The van der Waals surface area contributed by atoms with Crippen molar-refractivity contribution in [1.29, 1.82) is 0 Å². The van der Waals surface area contributed by atoms with Crippen LogP contribution in [0.25, 0.3) is 0 Å². The van der Waals surface area contributed by atoms with Crippen molar-refractivity contribution in [2.24, 2.45) is 5.92 Å². The molecule has 1 aromatic rings. The van der Waals surface area contributed by atoms with Crippen LogP contribution in [0.1, 0.15) is 47.9 Å². The summed E-state index contributed by atoms with van der Waals surface area (Å²) >= 11 is 0. The molecule has 2 N–H and O–H groups in total. The maximum atomic E-state index is 12.6. The number of aliphatic carboxylic acids is 1. The Morgan fingerprint density at radius 3 is 2.00 bits per heavy atom. The lowest BCUT2D eigenvalue weighted by atomic mass is 10.0. The summed E-state index contributed by atoms with van der Waals surface area (Å²) in [5.74, 6) is -3.23. The number of rotatable bonds is 6. The number of carboxylic acid groups (broad SMARTS) is 1. The molecular formula is C17H20N2O5. The lowest BCUT2D eigenvalue weighted by molar-refractivity contribution is -0.142. The predicted molar refractivity (Wildman–Crippen MR) is 85.4 cm³/mol. The molecule has 0 aromatic heterocycles. The van der Waals surface area contributed by atoms with E-state index in [4.69, 9.17) is 5.11 Å². The van der Waals surface area contributed by atoms with Gasteiger partial charge in [-0.05, 0) is 24.5 Å². The van der Waals surface area contributed by atoms with Crippen LogP contribution in [-0.4, -0.2) is 45.8 Å². The lowest BCUT2D eigenvalue weighted by Crippen LogP contribution is -2.55. The minimum atomic E-state index is -1.16. The Morgan fingerprint density at radius 1 is 1.12 bits per heavy atom. The highest BCUT2D eigenvalue weighted by atomic mass is 16.4. The van der Waals surface area contributed by atoms with Gasteiger partial charge in [-0.3, -0.25) is 19.3 Å². The van der Waals surface area contributed by atoms with Gasteiger partial charge in [0.2, 0.25) is 5.91 Å². The third-order valence-corrected chi connectivity index (χ3v) is 4.03. The monoisotopic (exact) mass is 332 g/mol. The number of carbonyl (C=O) groups excluding carboxylic acids is 3. The first-order valence-electron chi connectivity index (χ1n) is 7.79. The number of amides is 3. The number of hydrogen-bond acceptors (Lipinski definition) is 4. The van der Waals surface area contributed by atoms with Crippen LogP contribution in [0.4, 0.5) is 0 Å². The highest BCUT2D eigenvalue weighted by molar-refractivity contribution is 6.22. The van der Waals surface area contributed by atoms with Crippen LogP contribution >= 0.6 is 0 Å². The molecule has 0 aliphatic carbocycles. The average Bonchev–Trinajstić information content (AvgIpc) is 2.78. The van der Waals surface area contributed by atoms with E-state index in [2.05, 4.69) is 5.32 Å². The second-order valence-corrected chi connectivity index (χ2v) is 6.02. The Hall–Kier alpha value is -2.70. The SMILES string of the molecule is CCC(NC(=O)C(C(C)C)N1C(=O)c2ccccc2C1=O)C(=O)O. The molecule has 0 bridgehead atoms. The number of nitrogens with zero attached hydrogens (tertiary/aromatic N) is 1. The second-order valence-electron chi connectivity index (χ2n) is 6.02. The number of fused-ring (bicyclic) bond motifs is 1. The van der Waals surface area contributed by atoms with Crippen molar-refractivity contribution in [3.63, 3.8) is 0 Å². The molecule has 24 heavy (non-hydrogen) atoms. The first-order valence-corrected chi connectivity index (χ1v) is 7.79. The Bertz CT molecular complexity index is 663. The molecule has 0 radical (unpaired) electrons. The molecule has 1 aromatic carbocycles. The van der Waals surface area contributed by atoms with E-state index in [1.54, 1.807) is 32.9 Å². The summed E-state index contributed by atoms with van der Waals surface area (Å²) < 4.78 is 0. The first-order chi connectivity index (χ1) is 11.3. The number of benzene rings is 1. The zero-order chi connectivity index (χ0) is 18.0. The summed E-state index contributed by atoms with van der Waals surface area (Å²) in [6.45, 7) is 5.04. The largest absolute Gasteiger partial charge is 0.480 e. The summed E-state index contributed by atoms with van der Waals surface area (Å²) in [6.07, 6.45) is 0.202. The van der Waals surface area contributed by atoms with Crippen molar-refractivity contribution in [1.82, 2.24) is 10.2 Å². The van der Waals surface area contributed by atoms with Gasteiger partial charge < -0.3 is 10.4 Å². The van der Waals surface area contributed by atoms with E-state index in [9.17, 15) is 19.2 Å². The number of carboxylic acids is 1. The van der Waals surface area contributed by atoms with Crippen LogP contribution < -0.4 is 5.32 Å². The Labute approximate surface area is 139 Å². The van der Waals surface area contributed by atoms with Crippen LogP contribution in [0.15, 0.2) is 24.3 Å². The molecule has 1 aliphatic heterocycles. The number of imide groups is 1. The third kappa shape index (κ3) is 3.02. The molecular weight excluding hydrogens is 312 g/mol. The van der Waals surface area contributed by atoms with Gasteiger partial charge in [-0.1, -0.05) is 32.9 Å². The fourth-order valence-corrected chi connectivity index (χ4v) is 2.77. The van der Waals surface area contributed by atoms with Crippen LogP contribution in [0.3, 0.4) is 0 Å². The van der Waals surface area contributed by atoms with E-state index >= 15 is 0 Å². The van der Waals surface area contributed by atoms with Gasteiger partial charge in [0.1, 0.15) is 12.1 Å². The maximum Gasteiger partial charge on any atom is 0.326 e. The van der Waals surface area contributed by atoms with E-state index in [1.807, 2.05) is 0 Å². The fourth-order valence-electron chi connectivity index (χ4n) is 2.77. The van der Waals surface area contributed by atoms with E-state index < -0.39 is 35.8 Å². The first kappa shape index (κ1) is 17.7. The molecule has 7 heteroatoms. The quantitative estimate of drug-likeness (QED) is 0.764. The summed E-state index contributed by atoms with van der Waals surface area (Å²) in [5.41, 5.74) is 0.512. The summed E-state index contributed by atoms with van der Waals surface area (Å²) in [7, 11) is 0. The molecule has 2 rings (SSSR count). The van der Waals surface area contributed by atoms with E-state index in [0.717, 1.165) is 4.90 Å². The van der Waals surface area contributed by atoms with Gasteiger partial charge in [0.15, 0.2) is 0 Å². The van der Waals surface area contributed by atoms with Crippen LogP contribution in [0, 0.1) is 5.92 Å². The zero-order valence-corrected chi connectivity index (χ0v) is 13.8. The molecule has 7 nitrogen and oxygen atoms in total. The van der Waals surface area contributed by atoms with Gasteiger partial charge in [-0.15, -0.1) is 0 Å². The molecule has 0 saturated carbocycles. The molecule has 128 valence electrons. The Kier molecular flexibility index (Phi) is 5.02. The van der Waals surface area contributed by atoms with Crippen molar-refractivity contribution in [2.45, 2.75) is 39.3 Å². The van der Waals surface area contributed by atoms with Gasteiger partial charge in [-0.25, -0.2) is 4.79 Å². The van der Waals surface area contributed by atoms with E-state index in [-0.39, 0.29) is 23.5 Å². The molecule has 0 spiro atoms. The molecule has 2 unspecified atom stereocenters. The van der Waals surface area contributed by atoms with Crippen molar-refractivity contribution >= 4 is 23.7 Å². The average molecular weight is 332 g/mol. The van der Waals surface area contributed by atoms with Crippen molar-refractivity contribution < 1.29 is 24.3 Å². The summed E-state index contributed by atoms with van der Waals surface area (Å²) in [6, 6.07) is 4.25. The molecule has 0 saturated heterocycles. The van der Waals surface area contributed by atoms with Gasteiger partial charge in [-0.2, -0.15) is 0 Å². The molecule has 0 fully saturated rings. The highest BCUT2D eigenvalue weighted by Crippen LogP contribution is 2.27. The minimum absolute atomic E-state index is 0.202. The van der Waals surface area contributed by atoms with E-state index in [0.29, 0.717) is 0 Å². The smallest absolute Gasteiger partial charge is 0.326 e. The van der Waals surface area contributed by atoms with Gasteiger partial charge in [0.25, 0.3) is 11.8 Å². The Morgan fingerprint density at radius 2 is 1.62 bits per heavy atom. The number of carbonyl (C=O) groups is 4. The van der Waals surface area contributed by atoms with Crippen molar-refractivity contribution in [2.75, 3.05) is 0 Å². The Balaban J connectivity index is 2.32. The number of hydrogen-bond donors (Lipinski definition) is 2. The van der Waals surface area contributed by atoms with Crippen LogP contribution in [-0.2, 0) is 9.59 Å². The fraction of sp³-hybridized carbons (Fsp3) is 0.412. The summed E-state index contributed by atoms with van der Waals surface area (Å²) in [5, 5.41) is 11.5. The van der Waals surface area contributed by atoms with Crippen LogP contribution in [0.2, 0.25) is 0 Å². The second kappa shape index (κ2) is 6.82. The molecule has 1 heterocycles. The maximum absolute atomic E-state index is 12.6. The topological polar surface area (TPSA) is 104 Å². The summed E-state index contributed by atoms with van der Waals surface area (Å²) in [4.78, 5) is 49.7. The lowest BCUT2D eigenvalue weighted by Gasteiger charge is -2.29. The van der Waals surface area contributed by atoms with Gasteiger partial charge in [0, 0.05) is 0 Å². The number of nitrogens with one attached hydrogen (secondary N) is 1. The third-order valence-electron chi connectivity index (χ3n) is 4.03. The van der Waals surface area contributed by atoms with Crippen molar-refractivity contribution in [3.8, 4) is 0 Å². The minimum Gasteiger partial charge on any atom is -0.480 e. The van der Waals surface area contributed by atoms with Crippen LogP contribution in [0.5, 0.6) is 0 Å². The van der Waals surface area contributed by atoms with Gasteiger partial charge >= 0.3 is 5.97 Å². The van der Waals surface area contributed by atoms with Gasteiger partial charge in [0.05, 0.1) is 11.1 Å². The predicted octanol–water partition coefficient (Wildman–Crippen LogP) is 1.29. The van der Waals surface area contributed by atoms with Crippen molar-refractivity contribution in [3.05, 3.63) is 35.4 Å². The van der Waals surface area contributed by atoms with E-state index in [1.165, 1.54) is 12.1 Å². The standard InChI is InChI=1S/C17H20N2O5/c1-4-12(17(23)24)18-14(20)13(9(2)3)19-15(21)10-7-5-6-8-11(10)16(19)22/h5-9,12-13H,4H2,1-3H3,(H,18,20)(H,23,24). The molecule has 3 amide bonds. The zero-order valence-electron chi connectivity index (χ0n) is 13.8. The normalized spacial score (nSPS) is 16.1.